The zero-order chi connectivity index (χ0) is 31.4. The third kappa shape index (κ3) is 14.8. The Morgan fingerprint density at radius 2 is 1.10 bits per heavy atom. The van der Waals surface area contributed by atoms with Gasteiger partial charge in [0.1, 0.15) is 11.5 Å². The van der Waals surface area contributed by atoms with Gasteiger partial charge in [-0.3, -0.25) is 9.59 Å². The van der Waals surface area contributed by atoms with Crippen LogP contribution in [0.3, 0.4) is 0 Å². The second-order valence-corrected chi connectivity index (χ2v) is 13.0. The van der Waals surface area contributed by atoms with Gasteiger partial charge < -0.3 is 19.3 Å². The summed E-state index contributed by atoms with van der Waals surface area (Å²) < 4.78 is 16.9. The number of ether oxygens (including phenoxy) is 3. The number of unbranched alkanes of at least 4 members (excludes halogenated alkanes) is 8. The summed E-state index contributed by atoms with van der Waals surface area (Å²) in [5, 5.41) is 11.2. The number of phenols is 1. The van der Waals surface area contributed by atoms with E-state index in [4.69, 9.17) is 14.2 Å². The molecule has 0 aromatic heterocycles. The van der Waals surface area contributed by atoms with E-state index in [-0.39, 0.29) is 28.5 Å². The highest BCUT2D eigenvalue weighted by Crippen LogP contribution is 2.44. The fourth-order valence-corrected chi connectivity index (χ4v) is 5.46. The number of rotatable bonds is 24. The maximum atomic E-state index is 12.2. The van der Waals surface area contributed by atoms with Crippen molar-refractivity contribution < 1.29 is 28.9 Å². The Kier molecular flexibility index (Phi) is 18.6. The maximum absolute atomic E-state index is 12.2. The molecule has 1 aromatic carbocycles. The van der Waals surface area contributed by atoms with Crippen LogP contribution in [0.2, 0.25) is 0 Å². The van der Waals surface area contributed by atoms with Gasteiger partial charge in [0.25, 0.3) is 0 Å². The number of aromatic hydroxyl groups is 1. The topological polar surface area (TPSA) is 82.1 Å². The van der Waals surface area contributed by atoms with Crippen molar-refractivity contribution in [3.05, 3.63) is 23.3 Å². The standard InChI is InChI=1S/C36H62O6/c1-8-11-13-15-17-25-41-33(38)21-19-23-35(4,5)29-28-32(40-10-3)30(27-31(29)37)36(6,7)24-20-22-34(39)42-26-18-16-14-12-9-2/h27-28,37H,8-26H2,1-7H3. The van der Waals surface area contributed by atoms with E-state index in [1.165, 1.54) is 38.5 Å². The van der Waals surface area contributed by atoms with Crippen LogP contribution in [0, 0.1) is 0 Å². The number of carbonyl (C=O) groups is 2. The average molecular weight is 591 g/mol. The molecule has 0 saturated carbocycles. The molecule has 0 radical (unpaired) electrons. The highest BCUT2D eigenvalue weighted by atomic mass is 16.5. The molecule has 0 bridgehead atoms. The highest BCUT2D eigenvalue weighted by Gasteiger charge is 2.30. The number of carbonyl (C=O) groups excluding carboxylic acids is 2. The van der Waals surface area contributed by atoms with Crippen LogP contribution < -0.4 is 4.74 Å². The smallest absolute Gasteiger partial charge is 0.305 e. The molecule has 1 N–H and O–H groups in total. The lowest BCUT2D eigenvalue weighted by molar-refractivity contribution is -0.144. The minimum absolute atomic E-state index is 0.137. The van der Waals surface area contributed by atoms with Crippen LogP contribution in [0.15, 0.2) is 12.1 Å². The van der Waals surface area contributed by atoms with E-state index < -0.39 is 0 Å². The van der Waals surface area contributed by atoms with Gasteiger partial charge in [-0.2, -0.15) is 0 Å². The monoisotopic (exact) mass is 590 g/mol. The molecule has 0 unspecified atom stereocenters. The summed E-state index contributed by atoms with van der Waals surface area (Å²) in [6.45, 7) is 16.3. The number of phenolic OH excluding ortho intramolecular Hbond substituents is 1. The average Bonchev–Trinajstić information content (AvgIpc) is 2.93. The number of hydrogen-bond acceptors (Lipinski definition) is 6. The SMILES string of the molecule is CCCCCCCOC(=O)CCCC(C)(C)c1cc(OCC)c(C(C)(C)CCCC(=O)OCCCCCCC)cc1O. The minimum atomic E-state index is -0.348. The van der Waals surface area contributed by atoms with Gasteiger partial charge in [-0.15, -0.1) is 0 Å². The quantitative estimate of drug-likeness (QED) is 0.0953. The molecule has 6 nitrogen and oxygen atoms in total. The lowest BCUT2D eigenvalue weighted by Gasteiger charge is -2.31. The van der Waals surface area contributed by atoms with Crippen LogP contribution in [-0.4, -0.2) is 36.9 Å². The maximum Gasteiger partial charge on any atom is 0.305 e. The molecule has 1 rings (SSSR count). The molecule has 0 fully saturated rings. The van der Waals surface area contributed by atoms with Crippen molar-refractivity contribution in [2.24, 2.45) is 0 Å². The van der Waals surface area contributed by atoms with Gasteiger partial charge in [0.2, 0.25) is 0 Å². The second-order valence-electron chi connectivity index (χ2n) is 13.0. The van der Waals surface area contributed by atoms with Gasteiger partial charge in [-0.05, 0) is 68.4 Å². The summed E-state index contributed by atoms with van der Waals surface area (Å²) in [5.41, 5.74) is 1.11. The Morgan fingerprint density at radius 1 is 0.643 bits per heavy atom. The first-order valence-corrected chi connectivity index (χ1v) is 16.8. The molecule has 0 heterocycles. The van der Waals surface area contributed by atoms with Gasteiger partial charge in [-0.25, -0.2) is 0 Å². The molecule has 0 spiro atoms. The molecule has 242 valence electrons. The molecule has 1 aromatic rings. The Hall–Kier alpha value is -2.24. The molecule has 42 heavy (non-hydrogen) atoms. The number of esters is 2. The van der Waals surface area contributed by atoms with Crippen molar-refractivity contribution >= 4 is 11.9 Å². The Bertz CT molecular complexity index is 904. The third-order valence-electron chi connectivity index (χ3n) is 8.24. The van der Waals surface area contributed by atoms with Crippen LogP contribution in [0.1, 0.15) is 162 Å². The molecular formula is C36H62O6. The van der Waals surface area contributed by atoms with Crippen LogP contribution in [-0.2, 0) is 29.9 Å². The summed E-state index contributed by atoms with van der Waals surface area (Å²) in [7, 11) is 0. The van der Waals surface area contributed by atoms with Gasteiger partial charge in [0.05, 0.1) is 19.8 Å². The summed E-state index contributed by atoms with van der Waals surface area (Å²) in [5.74, 6) is 0.722. The van der Waals surface area contributed by atoms with Crippen molar-refractivity contribution in [2.75, 3.05) is 19.8 Å². The number of benzene rings is 1. The van der Waals surface area contributed by atoms with E-state index >= 15 is 0 Å². The van der Waals surface area contributed by atoms with E-state index in [0.29, 0.717) is 45.5 Å². The predicted octanol–water partition coefficient (Wildman–Crippen LogP) is 9.71. The predicted molar refractivity (Wildman–Crippen MR) is 172 cm³/mol. The summed E-state index contributed by atoms with van der Waals surface area (Å²) in [4.78, 5) is 24.5. The molecule has 0 aliphatic carbocycles. The molecule has 0 saturated heterocycles. The van der Waals surface area contributed by atoms with Crippen molar-refractivity contribution in [3.8, 4) is 11.5 Å². The van der Waals surface area contributed by atoms with E-state index in [1.54, 1.807) is 0 Å². The molecule has 0 amide bonds. The Balaban J connectivity index is 2.71. The molecular weight excluding hydrogens is 528 g/mol. The molecule has 0 atom stereocenters. The van der Waals surface area contributed by atoms with Crippen LogP contribution in [0.25, 0.3) is 0 Å². The third-order valence-corrected chi connectivity index (χ3v) is 8.24. The fraction of sp³-hybridized carbons (Fsp3) is 0.778. The Labute approximate surface area is 257 Å². The van der Waals surface area contributed by atoms with Gasteiger partial charge in [-0.1, -0.05) is 92.9 Å². The normalized spacial score (nSPS) is 11.9. The van der Waals surface area contributed by atoms with Gasteiger partial charge >= 0.3 is 11.9 Å². The molecule has 0 aliphatic heterocycles. The molecule has 0 aliphatic rings. The second kappa shape index (κ2) is 20.6. The number of hydrogen-bond donors (Lipinski definition) is 1. The first-order chi connectivity index (χ1) is 20.0. The van der Waals surface area contributed by atoms with E-state index in [1.807, 2.05) is 19.1 Å². The summed E-state index contributed by atoms with van der Waals surface area (Å²) in [6, 6.07) is 3.81. The molecule has 6 heteroatoms. The fourth-order valence-electron chi connectivity index (χ4n) is 5.46. The zero-order valence-corrected chi connectivity index (χ0v) is 28.1. The van der Waals surface area contributed by atoms with E-state index in [0.717, 1.165) is 55.4 Å². The van der Waals surface area contributed by atoms with Gasteiger partial charge in [0, 0.05) is 24.0 Å². The lowest BCUT2D eigenvalue weighted by Crippen LogP contribution is -2.22. The van der Waals surface area contributed by atoms with Crippen LogP contribution in [0.5, 0.6) is 11.5 Å². The van der Waals surface area contributed by atoms with Gasteiger partial charge in [0.15, 0.2) is 0 Å². The Morgan fingerprint density at radius 3 is 1.55 bits per heavy atom. The van der Waals surface area contributed by atoms with E-state index in [9.17, 15) is 14.7 Å². The minimum Gasteiger partial charge on any atom is -0.508 e. The first kappa shape index (κ1) is 37.8. The van der Waals surface area contributed by atoms with Crippen molar-refractivity contribution in [2.45, 2.75) is 162 Å². The first-order valence-electron chi connectivity index (χ1n) is 16.8. The lowest BCUT2D eigenvalue weighted by atomic mass is 9.75. The van der Waals surface area contributed by atoms with Crippen LogP contribution in [0.4, 0.5) is 0 Å². The highest BCUT2D eigenvalue weighted by molar-refractivity contribution is 5.69. The zero-order valence-electron chi connectivity index (χ0n) is 28.1. The van der Waals surface area contributed by atoms with Crippen LogP contribution >= 0.6 is 0 Å². The van der Waals surface area contributed by atoms with E-state index in [2.05, 4.69) is 41.5 Å². The van der Waals surface area contributed by atoms with Crippen molar-refractivity contribution in [1.82, 2.24) is 0 Å². The summed E-state index contributed by atoms with van der Waals surface area (Å²) in [6.07, 6.45) is 15.0. The largest absolute Gasteiger partial charge is 0.508 e. The van der Waals surface area contributed by atoms with Crippen molar-refractivity contribution in [1.29, 1.82) is 0 Å². The van der Waals surface area contributed by atoms with Crippen molar-refractivity contribution in [3.63, 3.8) is 0 Å². The summed E-state index contributed by atoms with van der Waals surface area (Å²) >= 11 is 0.